The number of nitrogens with zero attached hydrogens (tertiary/aromatic N) is 1. The molecule has 0 saturated heterocycles. The Hall–Kier alpha value is -2.94. The molecule has 1 aliphatic rings. The first-order valence-electron chi connectivity index (χ1n) is 9.61. The number of aryl methyl sites for hydroxylation is 1. The maximum absolute atomic E-state index is 12.8. The smallest absolute Gasteiger partial charge is 0.341 e. The highest BCUT2D eigenvalue weighted by molar-refractivity contribution is 7.17. The molecule has 1 aromatic heterocycles. The minimum Gasteiger partial charge on any atom is -0.462 e. The van der Waals surface area contributed by atoms with Crippen LogP contribution in [0.4, 0.5) is 16.4 Å². The van der Waals surface area contributed by atoms with Crippen LogP contribution < -0.4 is 10.6 Å². The second kappa shape index (κ2) is 9.04. The average Bonchev–Trinajstić information content (AvgIpc) is 3.06. The predicted molar refractivity (Wildman–Crippen MR) is 112 cm³/mol. The number of hydrogen-bond acceptors (Lipinski definition) is 7. The van der Waals surface area contributed by atoms with E-state index in [1.165, 1.54) is 29.5 Å². The van der Waals surface area contributed by atoms with E-state index in [0.29, 0.717) is 22.8 Å². The Bertz CT molecular complexity index is 954. The lowest BCUT2D eigenvalue weighted by Crippen LogP contribution is -2.16. The molecule has 0 saturated carbocycles. The van der Waals surface area contributed by atoms with Gasteiger partial charge < -0.3 is 15.4 Å². The summed E-state index contributed by atoms with van der Waals surface area (Å²) in [5, 5.41) is 17.5. The molecule has 29 heavy (non-hydrogen) atoms. The van der Waals surface area contributed by atoms with Gasteiger partial charge in [-0.1, -0.05) is 0 Å². The summed E-state index contributed by atoms with van der Waals surface area (Å²) in [6.07, 6.45) is 3.67. The lowest BCUT2D eigenvalue weighted by atomic mass is 9.95. The molecule has 0 bridgehead atoms. The number of nitro groups is 1. The van der Waals surface area contributed by atoms with Crippen molar-refractivity contribution in [1.82, 2.24) is 0 Å². The van der Waals surface area contributed by atoms with Gasteiger partial charge in [0.25, 0.3) is 11.6 Å². The molecule has 1 amide bonds. The molecule has 0 atom stereocenters. The van der Waals surface area contributed by atoms with Crippen LogP contribution in [0, 0.1) is 10.1 Å². The number of carbonyl (C=O) groups is 2. The number of nitro benzene ring substituents is 1. The summed E-state index contributed by atoms with van der Waals surface area (Å²) in [4.78, 5) is 37.2. The zero-order chi connectivity index (χ0) is 21.0. The number of benzene rings is 1. The molecule has 1 heterocycles. The third-order valence-electron chi connectivity index (χ3n) is 4.70. The number of rotatable bonds is 7. The zero-order valence-electron chi connectivity index (χ0n) is 16.4. The van der Waals surface area contributed by atoms with Gasteiger partial charge in [-0.3, -0.25) is 14.9 Å². The summed E-state index contributed by atoms with van der Waals surface area (Å²) in [5.74, 6) is -0.948. The van der Waals surface area contributed by atoms with Crippen molar-refractivity contribution in [1.29, 1.82) is 0 Å². The number of carbonyl (C=O) groups excluding carboxylic acids is 2. The third-order valence-corrected chi connectivity index (χ3v) is 5.91. The Labute approximate surface area is 172 Å². The molecule has 0 unspecified atom stereocenters. The summed E-state index contributed by atoms with van der Waals surface area (Å²) in [5.41, 5.74) is 1.70. The van der Waals surface area contributed by atoms with Crippen LogP contribution in [0.25, 0.3) is 0 Å². The van der Waals surface area contributed by atoms with Gasteiger partial charge >= 0.3 is 5.97 Å². The molecule has 0 fully saturated rings. The van der Waals surface area contributed by atoms with Gasteiger partial charge in [0, 0.05) is 23.1 Å². The van der Waals surface area contributed by atoms with E-state index < -0.39 is 16.8 Å². The van der Waals surface area contributed by atoms with Crippen molar-refractivity contribution in [3.63, 3.8) is 0 Å². The molecule has 3 rings (SSSR count). The van der Waals surface area contributed by atoms with Crippen molar-refractivity contribution in [2.45, 2.75) is 39.5 Å². The Morgan fingerprint density at radius 2 is 2.00 bits per heavy atom. The fourth-order valence-electron chi connectivity index (χ4n) is 3.41. The summed E-state index contributed by atoms with van der Waals surface area (Å²) >= 11 is 1.38. The van der Waals surface area contributed by atoms with Gasteiger partial charge in [0.05, 0.1) is 17.1 Å². The second-order valence-electron chi connectivity index (χ2n) is 6.61. The summed E-state index contributed by atoms with van der Waals surface area (Å²) in [6.45, 7) is 4.34. The van der Waals surface area contributed by atoms with Crippen LogP contribution in [0.5, 0.6) is 0 Å². The van der Waals surface area contributed by atoms with E-state index >= 15 is 0 Å². The monoisotopic (exact) mass is 417 g/mol. The summed E-state index contributed by atoms with van der Waals surface area (Å²) < 4.78 is 5.19. The van der Waals surface area contributed by atoms with Crippen LogP contribution in [0.2, 0.25) is 0 Å². The number of thiophene rings is 1. The minimum atomic E-state index is -0.525. The Morgan fingerprint density at radius 1 is 1.24 bits per heavy atom. The Morgan fingerprint density at radius 3 is 2.69 bits per heavy atom. The van der Waals surface area contributed by atoms with Crippen LogP contribution in [-0.4, -0.2) is 30.0 Å². The van der Waals surface area contributed by atoms with Gasteiger partial charge in [-0.2, -0.15) is 0 Å². The normalized spacial score (nSPS) is 12.8. The summed E-state index contributed by atoms with van der Waals surface area (Å²) in [7, 11) is 0. The molecule has 0 radical (unpaired) electrons. The molecule has 9 heteroatoms. The lowest BCUT2D eigenvalue weighted by Gasteiger charge is -2.12. The van der Waals surface area contributed by atoms with Crippen LogP contribution >= 0.6 is 11.3 Å². The van der Waals surface area contributed by atoms with E-state index in [0.717, 1.165) is 36.1 Å². The van der Waals surface area contributed by atoms with Crippen molar-refractivity contribution in [3.05, 3.63) is 49.9 Å². The molecular weight excluding hydrogens is 394 g/mol. The van der Waals surface area contributed by atoms with Crippen molar-refractivity contribution < 1.29 is 19.2 Å². The van der Waals surface area contributed by atoms with Crippen LogP contribution in [0.1, 0.15) is 57.8 Å². The number of nitrogens with one attached hydrogen (secondary N) is 2. The number of hydrogen-bond donors (Lipinski definition) is 2. The van der Waals surface area contributed by atoms with E-state index in [9.17, 15) is 19.7 Å². The van der Waals surface area contributed by atoms with Crippen molar-refractivity contribution >= 4 is 39.6 Å². The van der Waals surface area contributed by atoms with Crippen LogP contribution in [-0.2, 0) is 17.6 Å². The molecule has 1 aliphatic carbocycles. The largest absolute Gasteiger partial charge is 0.462 e. The Kier molecular flexibility index (Phi) is 6.48. The zero-order valence-corrected chi connectivity index (χ0v) is 17.2. The first kappa shape index (κ1) is 20.8. The maximum atomic E-state index is 12.8. The molecule has 2 aromatic rings. The molecule has 2 N–H and O–H groups in total. The standard InChI is InChI=1S/C20H23N3O5S/c1-3-21-14-10-9-12(11-15(14)23(26)27)18(24)22-19-17(20(25)28-4-2)13-7-5-6-8-16(13)29-19/h9-11,21H,3-8H2,1-2H3,(H,22,24). The van der Waals surface area contributed by atoms with E-state index in [-0.39, 0.29) is 17.9 Å². The van der Waals surface area contributed by atoms with Crippen molar-refractivity contribution in [3.8, 4) is 0 Å². The van der Waals surface area contributed by atoms with Gasteiger partial charge in [-0.15, -0.1) is 11.3 Å². The molecule has 8 nitrogen and oxygen atoms in total. The fraction of sp³-hybridized carbons (Fsp3) is 0.400. The average molecular weight is 417 g/mol. The molecule has 0 spiro atoms. The first-order chi connectivity index (χ1) is 14.0. The number of fused-ring (bicyclic) bond motifs is 1. The number of anilines is 2. The highest BCUT2D eigenvalue weighted by Crippen LogP contribution is 2.39. The predicted octanol–water partition coefficient (Wildman–Crippen LogP) is 4.40. The highest BCUT2D eigenvalue weighted by Gasteiger charge is 2.28. The number of amides is 1. The molecular formula is C20H23N3O5S. The van der Waals surface area contributed by atoms with E-state index in [1.807, 2.05) is 6.92 Å². The van der Waals surface area contributed by atoms with E-state index in [2.05, 4.69) is 10.6 Å². The number of esters is 1. The maximum Gasteiger partial charge on any atom is 0.341 e. The Balaban J connectivity index is 1.93. The van der Waals surface area contributed by atoms with Gasteiger partial charge in [-0.25, -0.2) is 4.79 Å². The minimum absolute atomic E-state index is 0.152. The van der Waals surface area contributed by atoms with Crippen LogP contribution in [0.3, 0.4) is 0 Å². The van der Waals surface area contributed by atoms with Gasteiger partial charge in [0.15, 0.2) is 0 Å². The number of ether oxygens (including phenoxy) is 1. The van der Waals surface area contributed by atoms with E-state index in [4.69, 9.17) is 4.74 Å². The highest BCUT2D eigenvalue weighted by atomic mass is 32.1. The summed E-state index contributed by atoms with van der Waals surface area (Å²) in [6, 6.07) is 4.28. The molecule has 1 aromatic carbocycles. The van der Waals surface area contributed by atoms with Crippen molar-refractivity contribution in [2.24, 2.45) is 0 Å². The van der Waals surface area contributed by atoms with Crippen LogP contribution in [0.15, 0.2) is 18.2 Å². The third kappa shape index (κ3) is 4.40. The van der Waals surface area contributed by atoms with Gasteiger partial charge in [-0.05, 0) is 57.2 Å². The quantitative estimate of drug-likeness (QED) is 0.393. The second-order valence-corrected chi connectivity index (χ2v) is 7.71. The lowest BCUT2D eigenvalue weighted by molar-refractivity contribution is -0.384. The molecule has 154 valence electrons. The molecule has 0 aliphatic heterocycles. The van der Waals surface area contributed by atoms with Gasteiger partial charge in [0.2, 0.25) is 0 Å². The van der Waals surface area contributed by atoms with Crippen molar-refractivity contribution in [2.75, 3.05) is 23.8 Å². The topological polar surface area (TPSA) is 111 Å². The van der Waals surface area contributed by atoms with E-state index in [1.54, 1.807) is 6.92 Å². The van der Waals surface area contributed by atoms with Gasteiger partial charge in [0.1, 0.15) is 10.7 Å². The first-order valence-corrected chi connectivity index (χ1v) is 10.4. The fourth-order valence-corrected chi connectivity index (χ4v) is 4.68. The SMILES string of the molecule is CCNc1ccc(C(=O)Nc2sc3c(c2C(=O)OCC)CCCC3)cc1[N+](=O)[O-].